The Balaban J connectivity index is 2.05. The number of guanidine groups is 1. The number of carbonyl (C=O) groups is 1. The van der Waals surface area contributed by atoms with Crippen molar-refractivity contribution in [1.82, 2.24) is 15.5 Å². The minimum absolute atomic E-state index is 0.0124. The summed E-state index contributed by atoms with van der Waals surface area (Å²) < 4.78 is 0. The molecule has 0 radical (unpaired) electrons. The van der Waals surface area contributed by atoms with Crippen LogP contribution in [0.15, 0.2) is 29.3 Å². The summed E-state index contributed by atoms with van der Waals surface area (Å²) in [5.41, 5.74) is 1.09. The fourth-order valence-electron chi connectivity index (χ4n) is 2.95. The number of amides is 1. The summed E-state index contributed by atoms with van der Waals surface area (Å²) in [7, 11) is 1.89. The van der Waals surface area contributed by atoms with Crippen molar-refractivity contribution < 1.29 is 4.79 Å². The van der Waals surface area contributed by atoms with Crippen molar-refractivity contribution in [2.45, 2.75) is 51.5 Å². The minimum Gasteiger partial charge on any atom is -0.357 e. The second-order valence-electron chi connectivity index (χ2n) is 8.12. The van der Waals surface area contributed by atoms with Gasteiger partial charge >= 0.3 is 0 Å². The van der Waals surface area contributed by atoms with Gasteiger partial charge in [0.2, 0.25) is 5.91 Å². The summed E-state index contributed by atoms with van der Waals surface area (Å²) in [6.45, 7) is 9.69. The minimum atomic E-state index is -0.238. The number of halogens is 1. The Labute approximate surface area is 162 Å². The zero-order valence-corrected chi connectivity index (χ0v) is 17.3. The van der Waals surface area contributed by atoms with Gasteiger partial charge in [-0.05, 0) is 58.2 Å². The normalized spacial score (nSPS) is 16.2. The molecule has 2 N–H and O–H groups in total. The van der Waals surface area contributed by atoms with E-state index < -0.39 is 0 Å². The highest BCUT2D eigenvalue weighted by atomic mass is 35.5. The third kappa shape index (κ3) is 5.90. The predicted molar refractivity (Wildman–Crippen MR) is 109 cm³/mol. The summed E-state index contributed by atoms with van der Waals surface area (Å²) in [6, 6.07) is 8.06. The molecule has 1 aliphatic carbocycles. The number of benzene rings is 1. The molecular formula is C20H31ClN4O. The van der Waals surface area contributed by atoms with E-state index in [0.29, 0.717) is 6.54 Å². The molecule has 1 aliphatic rings. The van der Waals surface area contributed by atoms with E-state index in [9.17, 15) is 4.79 Å². The molecule has 0 aromatic heterocycles. The smallest absolute Gasteiger partial charge is 0.240 e. The zero-order chi connectivity index (χ0) is 19.4. The van der Waals surface area contributed by atoms with E-state index in [1.807, 2.05) is 57.8 Å². The van der Waals surface area contributed by atoms with Crippen LogP contribution in [-0.4, -0.2) is 49.0 Å². The quantitative estimate of drug-likeness (QED) is 0.590. The highest BCUT2D eigenvalue weighted by molar-refractivity contribution is 6.30. The molecule has 0 bridgehead atoms. The predicted octanol–water partition coefficient (Wildman–Crippen LogP) is 3.18. The van der Waals surface area contributed by atoms with Crippen LogP contribution in [0.4, 0.5) is 0 Å². The van der Waals surface area contributed by atoms with Gasteiger partial charge in [0, 0.05) is 29.6 Å². The van der Waals surface area contributed by atoms with Crippen molar-refractivity contribution in [2.24, 2.45) is 4.99 Å². The first-order valence-electron chi connectivity index (χ1n) is 9.22. The van der Waals surface area contributed by atoms with E-state index in [1.165, 1.54) is 5.56 Å². The first-order chi connectivity index (χ1) is 12.1. The van der Waals surface area contributed by atoms with Crippen molar-refractivity contribution >= 4 is 23.5 Å². The fraction of sp³-hybridized carbons (Fsp3) is 0.600. The molecule has 1 saturated carbocycles. The van der Waals surface area contributed by atoms with Gasteiger partial charge in [-0.3, -0.25) is 9.79 Å². The second kappa shape index (κ2) is 8.30. The van der Waals surface area contributed by atoms with Crippen LogP contribution >= 0.6 is 11.6 Å². The van der Waals surface area contributed by atoms with Crippen LogP contribution in [0, 0.1) is 0 Å². The lowest BCUT2D eigenvalue weighted by Crippen LogP contribution is -2.49. The molecule has 2 rings (SSSR count). The topological polar surface area (TPSA) is 56.7 Å². The molecule has 26 heavy (non-hydrogen) atoms. The van der Waals surface area contributed by atoms with Gasteiger partial charge in [-0.15, -0.1) is 0 Å². The van der Waals surface area contributed by atoms with E-state index >= 15 is 0 Å². The van der Waals surface area contributed by atoms with Crippen LogP contribution in [0.25, 0.3) is 0 Å². The van der Waals surface area contributed by atoms with Crippen LogP contribution in [0.1, 0.15) is 46.1 Å². The average Bonchev–Trinajstić information content (AvgIpc) is 3.30. The van der Waals surface area contributed by atoms with E-state index in [0.717, 1.165) is 30.4 Å². The average molecular weight is 379 g/mol. The van der Waals surface area contributed by atoms with Crippen LogP contribution < -0.4 is 10.6 Å². The van der Waals surface area contributed by atoms with E-state index in [1.54, 1.807) is 0 Å². The zero-order valence-electron chi connectivity index (χ0n) is 16.5. The third-order valence-electron chi connectivity index (χ3n) is 4.41. The SMILES string of the molecule is CCNC(=NCC1(c2cccc(Cl)c2)CC1)N(C)CC(=O)NC(C)(C)C. The Morgan fingerprint density at radius 1 is 1.35 bits per heavy atom. The molecule has 0 saturated heterocycles. The highest BCUT2D eigenvalue weighted by Crippen LogP contribution is 2.48. The van der Waals surface area contributed by atoms with E-state index in [4.69, 9.17) is 16.6 Å². The Hall–Kier alpha value is -1.75. The van der Waals surface area contributed by atoms with Crippen molar-refractivity contribution in [1.29, 1.82) is 0 Å². The van der Waals surface area contributed by atoms with Gasteiger partial charge in [0.15, 0.2) is 5.96 Å². The number of aliphatic imine (C=N–C) groups is 1. The van der Waals surface area contributed by atoms with Crippen molar-refractivity contribution in [2.75, 3.05) is 26.7 Å². The number of hydrogen-bond acceptors (Lipinski definition) is 2. The highest BCUT2D eigenvalue weighted by Gasteiger charge is 2.44. The maximum absolute atomic E-state index is 12.2. The van der Waals surface area contributed by atoms with Crippen molar-refractivity contribution in [3.8, 4) is 0 Å². The van der Waals surface area contributed by atoms with Gasteiger partial charge in [0.1, 0.15) is 0 Å². The Morgan fingerprint density at radius 2 is 2.04 bits per heavy atom. The first-order valence-corrected chi connectivity index (χ1v) is 9.59. The summed E-state index contributed by atoms with van der Waals surface area (Å²) >= 11 is 6.15. The van der Waals surface area contributed by atoms with Gasteiger partial charge in [-0.1, -0.05) is 23.7 Å². The number of nitrogens with one attached hydrogen (secondary N) is 2. The van der Waals surface area contributed by atoms with Crippen LogP contribution in [0.3, 0.4) is 0 Å². The molecule has 5 nitrogen and oxygen atoms in total. The summed E-state index contributed by atoms with van der Waals surface area (Å²) in [6.07, 6.45) is 2.23. The van der Waals surface area contributed by atoms with Gasteiger partial charge < -0.3 is 15.5 Å². The third-order valence-corrected chi connectivity index (χ3v) is 4.65. The largest absolute Gasteiger partial charge is 0.357 e. The molecule has 0 atom stereocenters. The number of carbonyl (C=O) groups excluding carboxylic acids is 1. The number of hydrogen-bond donors (Lipinski definition) is 2. The van der Waals surface area contributed by atoms with Gasteiger partial charge in [-0.2, -0.15) is 0 Å². The second-order valence-corrected chi connectivity index (χ2v) is 8.55. The first kappa shape index (κ1) is 20.6. The monoisotopic (exact) mass is 378 g/mol. The number of likely N-dealkylation sites (N-methyl/N-ethyl adjacent to an activating group) is 1. The molecule has 144 valence electrons. The molecule has 6 heteroatoms. The summed E-state index contributed by atoms with van der Waals surface area (Å²) in [5, 5.41) is 7.03. The van der Waals surface area contributed by atoms with Crippen molar-refractivity contribution in [3.63, 3.8) is 0 Å². The molecule has 1 amide bonds. The molecule has 0 spiro atoms. The number of nitrogens with zero attached hydrogens (tertiary/aromatic N) is 2. The van der Waals surface area contributed by atoms with E-state index in [-0.39, 0.29) is 23.4 Å². The molecule has 1 aromatic carbocycles. The molecule has 0 heterocycles. The lowest BCUT2D eigenvalue weighted by Gasteiger charge is -2.26. The number of rotatable bonds is 6. The summed E-state index contributed by atoms with van der Waals surface area (Å²) in [5.74, 6) is 0.742. The molecule has 0 aliphatic heterocycles. The van der Waals surface area contributed by atoms with Gasteiger partial charge in [0.25, 0.3) is 0 Å². The maximum atomic E-state index is 12.2. The summed E-state index contributed by atoms with van der Waals surface area (Å²) in [4.78, 5) is 18.9. The van der Waals surface area contributed by atoms with Gasteiger partial charge in [-0.25, -0.2) is 0 Å². The van der Waals surface area contributed by atoms with Crippen LogP contribution in [0.5, 0.6) is 0 Å². The molecule has 0 unspecified atom stereocenters. The van der Waals surface area contributed by atoms with E-state index in [2.05, 4.69) is 16.7 Å². The van der Waals surface area contributed by atoms with Gasteiger partial charge in [0.05, 0.1) is 13.1 Å². The lowest BCUT2D eigenvalue weighted by molar-refractivity contribution is -0.122. The van der Waals surface area contributed by atoms with Crippen LogP contribution in [0.2, 0.25) is 5.02 Å². The fourth-order valence-corrected chi connectivity index (χ4v) is 3.14. The van der Waals surface area contributed by atoms with Crippen molar-refractivity contribution in [3.05, 3.63) is 34.9 Å². The maximum Gasteiger partial charge on any atom is 0.240 e. The standard InChI is InChI=1S/C20H31ClN4O/c1-6-22-18(25(5)13-17(26)24-19(2,3)4)23-14-20(10-11-20)15-8-7-9-16(21)12-15/h7-9,12H,6,10-11,13-14H2,1-5H3,(H,22,23)(H,24,26). The molecule has 1 aromatic rings. The Bertz CT molecular complexity index is 662. The molecule has 1 fully saturated rings. The Kier molecular flexibility index (Phi) is 6.56. The van der Waals surface area contributed by atoms with Crippen LogP contribution in [-0.2, 0) is 10.2 Å². The molecular weight excluding hydrogens is 348 g/mol. The Morgan fingerprint density at radius 3 is 2.58 bits per heavy atom. The lowest BCUT2D eigenvalue weighted by atomic mass is 9.96.